The Labute approximate surface area is 129 Å². The Morgan fingerprint density at radius 1 is 1.27 bits per heavy atom. The van der Waals surface area contributed by atoms with E-state index in [1.807, 2.05) is 13.8 Å². The third-order valence-corrected chi connectivity index (χ3v) is 3.51. The Kier molecular flexibility index (Phi) is 4.90. The topological polar surface area (TPSA) is 73.9 Å². The molecule has 6 nitrogen and oxygen atoms in total. The van der Waals surface area contributed by atoms with Crippen molar-refractivity contribution in [2.75, 3.05) is 14.2 Å². The van der Waals surface area contributed by atoms with Crippen molar-refractivity contribution in [3.8, 4) is 11.5 Å². The number of cyclic esters (lactones) is 1. The summed E-state index contributed by atoms with van der Waals surface area (Å²) < 4.78 is 15.8. The van der Waals surface area contributed by atoms with E-state index in [4.69, 9.17) is 14.2 Å². The van der Waals surface area contributed by atoms with Gasteiger partial charge in [-0.3, -0.25) is 9.59 Å². The van der Waals surface area contributed by atoms with Crippen LogP contribution in [0.15, 0.2) is 18.2 Å². The van der Waals surface area contributed by atoms with Crippen molar-refractivity contribution in [2.24, 2.45) is 5.92 Å². The molecule has 2 rings (SSSR count). The van der Waals surface area contributed by atoms with Crippen LogP contribution >= 0.6 is 0 Å². The maximum Gasteiger partial charge on any atom is 0.307 e. The molecule has 0 aliphatic carbocycles. The molecule has 1 amide bonds. The van der Waals surface area contributed by atoms with Crippen molar-refractivity contribution < 1.29 is 23.8 Å². The standard InChI is InChI=1S/C16H21NO5/c1-9(2)17-16(19)11-8-14(18)22-15(11)10-5-6-12(20-3)13(7-10)21-4/h5-7,9,11,15H,8H2,1-4H3,(H,17,19). The van der Waals surface area contributed by atoms with E-state index in [1.54, 1.807) is 25.3 Å². The first-order chi connectivity index (χ1) is 10.5. The molecular formula is C16H21NO5. The summed E-state index contributed by atoms with van der Waals surface area (Å²) in [6, 6.07) is 5.25. The van der Waals surface area contributed by atoms with Crippen LogP contribution in [0.4, 0.5) is 0 Å². The lowest BCUT2D eigenvalue weighted by atomic mass is 9.94. The summed E-state index contributed by atoms with van der Waals surface area (Å²) in [7, 11) is 3.08. The highest BCUT2D eigenvalue weighted by Crippen LogP contribution is 2.39. The Morgan fingerprint density at radius 3 is 2.55 bits per heavy atom. The average molecular weight is 307 g/mol. The van der Waals surface area contributed by atoms with Gasteiger partial charge in [-0.05, 0) is 31.5 Å². The molecule has 0 saturated carbocycles. The number of esters is 1. The third-order valence-electron chi connectivity index (χ3n) is 3.51. The summed E-state index contributed by atoms with van der Waals surface area (Å²) in [5.74, 6) is 0.0297. The lowest BCUT2D eigenvalue weighted by molar-refractivity contribution is -0.141. The van der Waals surface area contributed by atoms with Crippen LogP contribution in [0.3, 0.4) is 0 Å². The Hall–Kier alpha value is -2.24. The summed E-state index contributed by atoms with van der Waals surface area (Å²) >= 11 is 0. The number of benzene rings is 1. The second-order valence-electron chi connectivity index (χ2n) is 5.50. The quantitative estimate of drug-likeness (QED) is 0.840. The molecule has 0 aromatic heterocycles. The van der Waals surface area contributed by atoms with E-state index in [0.29, 0.717) is 17.1 Å². The molecule has 1 aromatic rings. The molecule has 2 unspecified atom stereocenters. The molecule has 1 aromatic carbocycles. The maximum atomic E-state index is 12.3. The van der Waals surface area contributed by atoms with Gasteiger partial charge in [0.1, 0.15) is 6.10 Å². The fraction of sp³-hybridized carbons (Fsp3) is 0.500. The van der Waals surface area contributed by atoms with Crippen LogP contribution in [-0.2, 0) is 14.3 Å². The molecule has 1 N–H and O–H groups in total. The molecule has 0 bridgehead atoms. The smallest absolute Gasteiger partial charge is 0.307 e. The molecule has 1 aliphatic rings. The zero-order valence-corrected chi connectivity index (χ0v) is 13.2. The SMILES string of the molecule is COc1ccc(C2OC(=O)CC2C(=O)NC(C)C)cc1OC. The molecule has 120 valence electrons. The van der Waals surface area contributed by atoms with Crippen molar-refractivity contribution in [3.05, 3.63) is 23.8 Å². The van der Waals surface area contributed by atoms with E-state index < -0.39 is 12.0 Å². The molecule has 0 spiro atoms. The van der Waals surface area contributed by atoms with Crippen LogP contribution < -0.4 is 14.8 Å². The largest absolute Gasteiger partial charge is 0.493 e. The number of carbonyl (C=O) groups is 2. The first kappa shape index (κ1) is 16.1. The van der Waals surface area contributed by atoms with Crippen LogP contribution in [0.25, 0.3) is 0 Å². The number of nitrogens with one attached hydrogen (secondary N) is 1. The predicted octanol–water partition coefficient (Wildman–Crippen LogP) is 1.83. The van der Waals surface area contributed by atoms with Crippen molar-refractivity contribution in [3.63, 3.8) is 0 Å². The fourth-order valence-corrected chi connectivity index (χ4v) is 2.51. The minimum absolute atomic E-state index is 0.00857. The van der Waals surface area contributed by atoms with Crippen LogP contribution in [0.2, 0.25) is 0 Å². The molecule has 2 atom stereocenters. The number of ether oxygens (including phenoxy) is 3. The van der Waals surface area contributed by atoms with Gasteiger partial charge in [-0.1, -0.05) is 6.07 Å². The van der Waals surface area contributed by atoms with E-state index >= 15 is 0 Å². The molecule has 0 radical (unpaired) electrons. The Balaban J connectivity index is 2.28. The van der Waals surface area contributed by atoms with Gasteiger partial charge in [-0.15, -0.1) is 0 Å². The molecule has 6 heteroatoms. The van der Waals surface area contributed by atoms with E-state index in [1.165, 1.54) is 7.11 Å². The highest BCUT2D eigenvalue weighted by atomic mass is 16.6. The molecule has 1 saturated heterocycles. The van der Waals surface area contributed by atoms with Gasteiger partial charge in [0.2, 0.25) is 5.91 Å². The van der Waals surface area contributed by atoms with Gasteiger partial charge in [-0.2, -0.15) is 0 Å². The first-order valence-corrected chi connectivity index (χ1v) is 7.18. The van der Waals surface area contributed by atoms with E-state index in [9.17, 15) is 9.59 Å². The highest BCUT2D eigenvalue weighted by molar-refractivity contribution is 5.87. The van der Waals surface area contributed by atoms with E-state index in [0.717, 1.165) is 0 Å². The van der Waals surface area contributed by atoms with E-state index in [2.05, 4.69) is 5.32 Å². The number of methoxy groups -OCH3 is 2. The van der Waals surface area contributed by atoms with Gasteiger partial charge in [0, 0.05) is 6.04 Å². The second kappa shape index (κ2) is 6.68. The Bertz CT molecular complexity index is 570. The first-order valence-electron chi connectivity index (χ1n) is 7.18. The van der Waals surface area contributed by atoms with Gasteiger partial charge >= 0.3 is 5.97 Å². The van der Waals surface area contributed by atoms with Crippen LogP contribution in [0.1, 0.15) is 31.9 Å². The van der Waals surface area contributed by atoms with Crippen LogP contribution in [0.5, 0.6) is 11.5 Å². The van der Waals surface area contributed by atoms with Gasteiger partial charge in [0.05, 0.1) is 26.6 Å². The predicted molar refractivity (Wildman–Crippen MR) is 79.8 cm³/mol. The van der Waals surface area contributed by atoms with Gasteiger partial charge in [-0.25, -0.2) is 0 Å². The summed E-state index contributed by atoms with van der Waals surface area (Å²) in [6.07, 6.45) is -0.525. The average Bonchev–Trinajstić information content (AvgIpc) is 2.88. The van der Waals surface area contributed by atoms with E-state index in [-0.39, 0.29) is 24.3 Å². The van der Waals surface area contributed by atoms with Gasteiger partial charge in [0.25, 0.3) is 0 Å². The lowest BCUT2D eigenvalue weighted by Gasteiger charge is -2.20. The third kappa shape index (κ3) is 3.32. The number of rotatable bonds is 5. The summed E-state index contributed by atoms with van der Waals surface area (Å²) in [6.45, 7) is 3.75. The van der Waals surface area contributed by atoms with Crippen molar-refractivity contribution in [2.45, 2.75) is 32.4 Å². The van der Waals surface area contributed by atoms with Crippen LogP contribution in [-0.4, -0.2) is 32.1 Å². The minimum Gasteiger partial charge on any atom is -0.493 e. The zero-order chi connectivity index (χ0) is 16.3. The molecular weight excluding hydrogens is 286 g/mol. The minimum atomic E-state index is -0.606. The monoisotopic (exact) mass is 307 g/mol. The molecule has 1 heterocycles. The lowest BCUT2D eigenvalue weighted by Crippen LogP contribution is -2.36. The van der Waals surface area contributed by atoms with Crippen molar-refractivity contribution >= 4 is 11.9 Å². The fourth-order valence-electron chi connectivity index (χ4n) is 2.51. The molecule has 22 heavy (non-hydrogen) atoms. The van der Waals surface area contributed by atoms with Crippen LogP contribution in [0, 0.1) is 5.92 Å². The zero-order valence-electron chi connectivity index (χ0n) is 13.2. The summed E-state index contributed by atoms with van der Waals surface area (Å²) in [4.78, 5) is 23.9. The van der Waals surface area contributed by atoms with Gasteiger partial charge < -0.3 is 19.5 Å². The normalized spacial score (nSPS) is 20.7. The van der Waals surface area contributed by atoms with Gasteiger partial charge in [0.15, 0.2) is 11.5 Å². The Morgan fingerprint density at radius 2 is 1.95 bits per heavy atom. The number of carbonyl (C=O) groups excluding carboxylic acids is 2. The summed E-state index contributed by atoms with van der Waals surface area (Å²) in [5, 5.41) is 2.83. The number of hydrogen-bond donors (Lipinski definition) is 1. The highest BCUT2D eigenvalue weighted by Gasteiger charge is 2.41. The maximum absolute atomic E-state index is 12.3. The summed E-state index contributed by atoms with van der Waals surface area (Å²) in [5.41, 5.74) is 0.715. The molecule has 1 fully saturated rings. The second-order valence-corrected chi connectivity index (χ2v) is 5.50. The molecule has 1 aliphatic heterocycles. The van der Waals surface area contributed by atoms with Crippen molar-refractivity contribution in [1.82, 2.24) is 5.32 Å². The number of amides is 1. The number of hydrogen-bond acceptors (Lipinski definition) is 5. The van der Waals surface area contributed by atoms with Crippen molar-refractivity contribution in [1.29, 1.82) is 0 Å².